The van der Waals surface area contributed by atoms with Gasteiger partial charge in [0.2, 0.25) is 0 Å². The first-order valence-corrected chi connectivity index (χ1v) is 7.49. The maximum Gasteiger partial charge on any atom is 0.314 e. The SMILES string of the molecule is COCCNC(=O)NCC1(O)CCCc2cc(OC)ccc21. The van der Waals surface area contributed by atoms with Gasteiger partial charge in [-0.05, 0) is 42.5 Å². The number of nitrogens with one attached hydrogen (secondary N) is 2. The fraction of sp³-hybridized carbons (Fsp3) is 0.562. The van der Waals surface area contributed by atoms with Crippen molar-refractivity contribution in [2.45, 2.75) is 24.9 Å². The van der Waals surface area contributed by atoms with Crippen molar-refractivity contribution in [1.29, 1.82) is 0 Å². The van der Waals surface area contributed by atoms with Gasteiger partial charge in [0, 0.05) is 13.7 Å². The van der Waals surface area contributed by atoms with Crippen molar-refractivity contribution in [1.82, 2.24) is 10.6 Å². The number of hydrogen-bond donors (Lipinski definition) is 3. The first kappa shape index (κ1) is 16.6. The summed E-state index contributed by atoms with van der Waals surface area (Å²) in [5.74, 6) is 0.785. The van der Waals surface area contributed by atoms with Crippen LogP contribution in [0.25, 0.3) is 0 Å². The number of methoxy groups -OCH3 is 2. The van der Waals surface area contributed by atoms with Crippen LogP contribution in [-0.2, 0) is 16.8 Å². The molecule has 0 fully saturated rings. The van der Waals surface area contributed by atoms with Crippen molar-refractivity contribution < 1.29 is 19.4 Å². The first-order chi connectivity index (χ1) is 10.6. The summed E-state index contributed by atoms with van der Waals surface area (Å²) in [6.45, 7) is 1.08. The highest BCUT2D eigenvalue weighted by Crippen LogP contribution is 2.36. The molecular formula is C16H24N2O4. The van der Waals surface area contributed by atoms with Gasteiger partial charge in [-0.1, -0.05) is 6.07 Å². The molecule has 1 aliphatic carbocycles. The van der Waals surface area contributed by atoms with Crippen LogP contribution in [0.5, 0.6) is 5.75 Å². The predicted molar refractivity (Wildman–Crippen MR) is 83.1 cm³/mol. The molecule has 6 heteroatoms. The van der Waals surface area contributed by atoms with Crippen LogP contribution in [0.15, 0.2) is 18.2 Å². The van der Waals surface area contributed by atoms with Gasteiger partial charge in [0.05, 0.1) is 20.3 Å². The summed E-state index contributed by atoms with van der Waals surface area (Å²) in [5.41, 5.74) is 0.921. The Kier molecular flexibility index (Phi) is 5.63. The molecule has 1 unspecified atom stereocenters. The molecule has 0 spiro atoms. The number of urea groups is 1. The van der Waals surface area contributed by atoms with E-state index in [-0.39, 0.29) is 12.6 Å². The quantitative estimate of drug-likeness (QED) is 0.689. The van der Waals surface area contributed by atoms with E-state index in [1.807, 2.05) is 18.2 Å². The van der Waals surface area contributed by atoms with Crippen molar-refractivity contribution in [2.75, 3.05) is 33.9 Å². The fourth-order valence-electron chi connectivity index (χ4n) is 2.80. The van der Waals surface area contributed by atoms with Gasteiger partial charge in [-0.2, -0.15) is 0 Å². The summed E-state index contributed by atoms with van der Waals surface area (Å²) >= 11 is 0. The number of benzene rings is 1. The van der Waals surface area contributed by atoms with Crippen molar-refractivity contribution in [3.8, 4) is 5.75 Å². The zero-order valence-electron chi connectivity index (χ0n) is 13.1. The third kappa shape index (κ3) is 3.90. The van der Waals surface area contributed by atoms with Crippen LogP contribution in [-0.4, -0.2) is 45.1 Å². The van der Waals surface area contributed by atoms with Crippen LogP contribution < -0.4 is 15.4 Å². The van der Waals surface area contributed by atoms with Crippen molar-refractivity contribution >= 4 is 6.03 Å². The molecule has 0 bridgehead atoms. The number of aliphatic hydroxyl groups is 1. The Morgan fingerprint density at radius 3 is 2.91 bits per heavy atom. The van der Waals surface area contributed by atoms with Crippen LogP contribution in [0.1, 0.15) is 24.0 Å². The zero-order chi connectivity index (χ0) is 16.0. The van der Waals surface area contributed by atoms with Crippen LogP contribution >= 0.6 is 0 Å². The summed E-state index contributed by atoms with van der Waals surface area (Å²) in [6, 6.07) is 5.38. The second kappa shape index (κ2) is 7.47. The highest BCUT2D eigenvalue weighted by atomic mass is 16.5. The van der Waals surface area contributed by atoms with Crippen molar-refractivity contribution in [2.24, 2.45) is 0 Å². The number of carbonyl (C=O) groups excluding carboxylic acids is 1. The van der Waals surface area contributed by atoms with Gasteiger partial charge in [0.25, 0.3) is 0 Å². The monoisotopic (exact) mass is 308 g/mol. The Morgan fingerprint density at radius 2 is 2.18 bits per heavy atom. The Bertz CT molecular complexity index is 521. The summed E-state index contributed by atoms with van der Waals surface area (Å²) in [4.78, 5) is 11.7. The largest absolute Gasteiger partial charge is 0.497 e. The lowest BCUT2D eigenvalue weighted by Crippen LogP contribution is -2.46. The van der Waals surface area contributed by atoms with E-state index in [0.717, 1.165) is 29.7 Å². The topological polar surface area (TPSA) is 79.8 Å². The van der Waals surface area contributed by atoms with Crippen molar-refractivity contribution in [3.05, 3.63) is 29.3 Å². The number of aryl methyl sites for hydroxylation is 1. The molecule has 0 aromatic heterocycles. The highest BCUT2D eigenvalue weighted by Gasteiger charge is 2.34. The Labute approximate surface area is 130 Å². The molecule has 6 nitrogen and oxygen atoms in total. The minimum absolute atomic E-state index is 0.186. The van der Waals surface area contributed by atoms with Crippen molar-refractivity contribution in [3.63, 3.8) is 0 Å². The standard InChI is InChI=1S/C16H24N2O4/c1-21-9-8-17-15(19)18-11-16(20)7-3-4-12-10-13(22-2)5-6-14(12)16/h5-6,10,20H,3-4,7-9,11H2,1-2H3,(H2,17,18,19). The summed E-state index contributed by atoms with van der Waals surface area (Å²) in [6.07, 6.45) is 2.42. The third-order valence-corrected chi connectivity index (χ3v) is 3.98. The molecule has 1 aromatic carbocycles. The van der Waals surface area contributed by atoms with Gasteiger partial charge in [0.15, 0.2) is 0 Å². The molecule has 122 valence electrons. The van der Waals surface area contributed by atoms with E-state index < -0.39 is 5.60 Å². The predicted octanol–water partition coefficient (Wildman–Crippen LogP) is 1.16. The molecule has 2 rings (SSSR count). The maximum atomic E-state index is 11.7. The number of amides is 2. The zero-order valence-corrected chi connectivity index (χ0v) is 13.1. The normalized spacial score (nSPS) is 20.1. The Hall–Kier alpha value is -1.79. The van der Waals surface area contributed by atoms with Gasteiger partial charge < -0.3 is 25.2 Å². The minimum Gasteiger partial charge on any atom is -0.497 e. The Morgan fingerprint density at radius 1 is 1.36 bits per heavy atom. The van der Waals surface area contributed by atoms with E-state index >= 15 is 0 Å². The molecule has 3 N–H and O–H groups in total. The molecular weight excluding hydrogens is 284 g/mol. The molecule has 0 heterocycles. The minimum atomic E-state index is -1.03. The lowest BCUT2D eigenvalue weighted by atomic mass is 9.79. The molecule has 1 aliphatic rings. The molecule has 2 amide bonds. The van der Waals surface area contributed by atoms with Gasteiger partial charge >= 0.3 is 6.03 Å². The first-order valence-electron chi connectivity index (χ1n) is 7.49. The average molecular weight is 308 g/mol. The molecule has 0 saturated carbocycles. The second-order valence-corrected chi connectivity index (χ2v) is 5.51. The van der Waals surface area contributed by atoms with E-state index in [1.165, 1.54) is 0 Å². The van der Waals surface area contributed by atoms with Crippen LogP contribution in [0, 0.1) is 0 Å². The number of carbonyl (C=O) groups is 1. The van der Waals surface area contributed by atoms with E-state index in [2.05, 4.69) is 10.6 Å². The number of hydrogen-bond acceptors (Lipinski definition) is 4. The lowest BCUT2D eigenvalue weighted by molar-refractivity contribution is 0.0216. The smallest absolute Gasteiger partial charge is 0.314 e. The molecule has 1 aromatic rings. The summed E-state index contributed by atoms with van der Waals surface area (Å²) in [7, 11) is 3.21. The van der Waals surface area contributed by atoms with Crippen LogP contribution in [0.2, 0.25) is 0 Å². The molecule has 1 atom stereocenters. The number of rotatable bonds is 6. The second-order valence-electron chi connectivity index (χ2n) is 5.51. The molecule has 0 radical (unpaired) electrons. The molecule has 22 heavy (non-hydrogen) atoms. The average Bonchev–Trinajstić information content (AvgIpc) is 2.53. The maximum absolute atomic E-state index is 11.7. The van der Waals surface area contributed by atoms with Crippen LogP contribution in [0.4, 0.5) is 4.79 Å². The summed E-state index contributed by atoms with van der Waals surface area (Å²) in [5, 5.41) is 16.3. The Balaban J connectivity index is 2.01. The van der Waals surface area contributed by atoms with E-state index in [0.29, 0.717) is 19.6 Å². The number of ether oxygens (including phenoxy) is 2. The van der Waals surface area contributed by atoms with E-state index in [1.54, 1.807) is 14.2 Å². The van der Waals surface area contributed by atoms with Gasteiger partial charge in [-0.15, -0.1) is 0 Å². The summed E-state index contributed by atoms with van der Waals surface area (Å²) < 4.78 is 10.1. The van der Waals surface area contributed by atoms with E-state index in [4.69, 9.17) is 9.47 Å². The fourth-order valence-corrected chi connectivity index (χ4v) is 2.80. The van der Waals surface area contributed by atoms with Gasteiger partial charge in [-0.25, -0.2) is 4.79 Å². The molecule has 0 aliphatic heterocycles. The third-order valence-electron chi connectivity index (χ3n) is 3.98. The van der Waals surface area contributed by atoms with E-state index in [9.17, 15) is 9.90 Å². The lowest BCUT2D eigenvalue weighted by Gasteiger charge is -2.34. The van der Waals surface area contributed by atoms with Gasteiger partial charge in [-0.3, -0.25) is 0 Å². The molecule has 0 saturated heterocycles. The number of fused-ring (bicyclic) bond motifs is 1. The highest BCUT2D eigenvalue weighted by molar-refractivity contribution is 5.73. The van der Waals surface area contributed by atoms with Crippen LogP contribution in [0.3, 0.4) is 0 Å². The van der Waals surface area contributed by atoms with Gasteiger partial charge in [0.1, 0.15) is 11.4 Å².